The van der Waals surface area contributed by atoms with Crippen molar-refractivity contribution in [2.24, 2.45) is 10.7 Å². The maximum Gasteiger partial charge on any atom is 0.0881 e. The van der Waals surface area contributed by atoms with Gasteiger partial charge in [-0.1, -0.05) is 44.4 Å². The molecule has 3 aromatic rings. The smallest absolute Gasteiger partial charge is 0.0881 e. The molecule has 44 heavy (non-hydrogen) atoms. The number of nitrogens with one attached hydrogen (secondary N) is 1. The van der Waals surface area contributed by atoms with Crippen molar-refractivity contribution in [3.05, 3.63) is 95.9 Å². The molecule has 5 N–H and O–H groups in total. The zero-order valence-electron chi connectivity index (χ0n) is 26.7. The van der Waals surface area contributed by atoms with Gasteiger partial charge in [-0.2, -0.15) is 5.10 Å². The molecule has 232 valence electrons. The summed E-state index contributed by atoms with van der Waals surface area (Å²) >= 11 is 0. The van der Waals surface area contributed by atoms with Crippen LogP contribution in [0.1, 0.15) is 59.8 Å². The van der Waals surface area contributed by atoms with E-state index in [-0.39, 0.29) is 0 Å². The monoisotopic (exact) mass is 592 g/mol. The Kier molecular flexibility index (Phi) is 10.7. The fraction of sp³-hybridized carbons (Fsp3) is 0.333. The van der Waals surface area contributed by atoms with Crippen LogP contribution in [0, 0.1) is 6.92 Å². The number of anilines is 3. The number of aliphatic imine (C=N–C) groups is 1. The lowest BCUT2D eigenvalue weighted by molar-refractivity contribution is 0.639. The van der Waals surface area contributed by atoms with Gasteiger partial charge in [-0.25, -0.2) is 0 Å². The molecular weight excluding hydrogens is 544 g/mol. The van der Waals surface area contributed by atoms with Crippen molar-refractivity contribution in [1.82, 2.24) is 15.1 Å². The molecule has 1 aliphatic heterocycles. The summed E-state index contributed by atoms with van der Waals surface area (Å²) in [6.45, 7) is 23.0. The van der Waals surface area contributed by atoms with Gasteiger partial charge >= 0.3 is 0 Å². The predicted octanol–water partition coefficient (Wildman–Crippen LogP) is 6.68. The molecule has 8 heteroatoms. The summed E-state index contributed by atoms with van der Waals surface area (Å²) in [6, 6.07) is 10.4. The van der Waals surface area contributed by atoms with Gasteiger partial charge in [0.25, 0.3) is 0 Å². The number of nitrogens with zero attached hydrogens (tertiary/aromatic N) is 5. The summed E-state index contributed by atoms with van der Waals surface area (Å²) in [5.74, 6) is 0. The lowest BCUT2D eigenvalue weighted by Gasteiger charge is -2.29. The minimum Gasteiger partial charge on any atom is -0.399 e. The lowest BCUT2D eigenvalue weighted by Crippen LogP contribution is -2.35. The summed E-state index contributed by atoms with van der Waals surface area (Å²) in [6.07, 6.45) is 11.2. The van der Waals surface area contributed by atoms with Crippen molar-refractivity contribution in [3.63, 3.8) is 0 Å². The van der Waals surface area contributed by atoms with E-state index in [2.05, 4.69) is 102 Å². The van der Waals surface area contributed by atoms with Gasteiger partial charge in [-0.05, 0) is 98.8 Å². The minimum atomic E-state index is 0.532. The number of likely N-dealkylation sites (N-methyl/N-ethyl adjacent to an activating group) is 1. The first kappa shape index (κ1) is 32.2. The normalized spacial score (nSPS) is 14.9. The number of fused-ring (bicyclic) bond motifs is 2. The molecule has 0 fully saturated rings. The first-order chi connectivity index (χ1) is 21.2. The molecule has 1 aliphatic rings. The predicted molar refractivity (Wildman–Crippen MR) is 191 cm³/mol. The highest BCUT2D eigenvalue weighted by molar-refractivity contribution is 5.78. The van der Waals surface area contributed by atoms with Gasteiger partial charge in [-0.3, -0.25) is 9.67 Å². The Morgan fingerprint density at radius 1 is 1.02 bits per heavy atom. The number of hydrogen-bond donors (Lipinski definition) is 3. The largest absolute Gasteiger partial charge is 0.399 e. The van der Waals surface area contributed by atoms with Crippen LogP contribution in [0.2, 0.25) is 0 Å². The number of aryl methyl sites for hydroxylation is 4. The molecule has 2 aromatic carbocycles. The fourth-order valence-corrected chi connectivity index (χ4v) is 5.94. The van der Waals surface area contributed by atoms with Gasteiger partial charge in [0, 0.05) is 32.4 Å². The van der Waals surface area contributed by atoms with Crippen molar-refractivity contribution < 1.29 is 0 Å². The molecule has 8 nitrogen and oxygen atoms in total. The van der Waals surface area contributed by atoms with E-state index in [9.17, 15) is 0 Å². The van der Waals surface area contributed by atoms with Crippen LogP contribution < -0.4 is 26.6 Å². The third-order valence-corrected chi connectivity index (χ3v) is 8.14. The highest BCUT2D eigenvalue weighted by Gasteiger charge is 2.19. The van der Waals surface area contributed by atoms with Crippen molar-refractivity contribution in [1.29, 1.82) is 0 Å². The van der Waals surface area contributed by atoms with E-state index in [1.807, 2.05) is 23.7 Å². The SMILES string of the molecule is C=Cc1cc2c(c(N=C)c1)N(CNC(=C)c1cc(C)nn1CC)C/C=C/CN(C)c1c(N)cc(C(=C)N)cc1CCCCC2. The number of benzene rings is 2. The summed E-state index contributed by atoms with van der Waals surface area (Å²) < 4.78 is 1.98. The number of nitrogens with two attached hydrogens (primary N) is 2. The number of aromatic nitrogens is 2. The van der Waals surface area contributed by atoms with Gasteiger partial charge in [0.1, 0.15) is 0 Å². The third-order valence-electron chi connectivity index (χ3n) is 8.14. The average molecular weight is 593 g/mol. The molecule has 0 saturated carbocycles. The Balaban J connectivity index is 1.70. The van der Waals surface area contributed by atoms with Crippen LogP contribution in [0.3, 0.4) is 0 Å². The molecular formula is C36H48N8. The third kappa shape index (κ3) is 7.43. The molecule has 0 radical (unpaired) electrons. The van der Waals surface area contributed by atoms with Gasteiger partial charge in [0.2, 0.25) is 0 Å². The maximum absolute atomic E-state index is 6.59. The van der Waals surface area contributed by atoms with Crippen LogP contribution in [0.5, 0.6) is 0 Å². The maximum atomic E-state index is 6.59. The van der Waals surface area contributed by atoms with Gasteiger partial charge in [0.15, 0.2) is 0 Å². The Hall–Kier alpha value is -4.72. The van der Waals surface area contributed by atoms with Gasteiger partial charge in [0.05, 0.1) is 46.5 Å². The standard InChI is InChI=1S/C36H48N8/c1-8-28-20-29-15-11-10-12-16-30-22-31(26(4)37)23-32(38)35(30)42(7)17-13-14-18-43(36(29)33(21-28)39-6)24-40-27(5)34-19-25(3)41-44(34)9-2/h8,13-14,19-23,40H,1,4-6,9-12,15-18,24,37-38H2,2-3,7H3/b14-13+. The van der Waals surface area contributed by atoms with E-state index >= 15 is 0 Å². The first-order valence-electron chi connectivity index (χ1n) is 15.4. The molecule has 0 atom stereocenters. The summed E-state index contributed by atoms with van der Waals surface area (Å²) in [7, 11) is 2.09. The van der Waals surface area contributed by atoms with Crippen LogP contribution in [-0.4, -0.2) is 43.3 Å². The second-order valence-corrected chi connectivity index (χ2v) is 11.4. The van der Waals surface area contributed by atoms with Gasteiger partial charge in [-0.15, -0.1) is 0 Å². The molecule has 0 unspecified atom stereocenters. The molecule has 0 spiro atoms. The summed E-state index contributed by atoms with van der Waals surface area (Å²) in [4.78, 5) is 9.01. The van der Waals surface area contributed by atoms with Crippen molar-refractivity contribution >= 4 is 46.9 Å². The molecule has 0 amide bonds. The highest BCUT2D eigenvalue weighted by atomic mass is 15.3. The Labute approximate surface area is 263 Å². The van der Waals surface area contributed by atoms with Crippen molar-refractivity contribution in [3.8, 4) is 0 Å². The number of hydrogen-bond acceptors (Lipinski definition) is 7. The van der Waals surface area contributed by atoms with Crippen LogP contribution >= 0.6 is 0 Å². The van der Waals surface area contributed by atoms with Crippen LogP contribution in [0.4, 0.5) is 22.7 Å². The quantitative estimate of drug-likeness (QED) is 0.153. The zero-order chi connectivity index (χ0) is 31.8. The second-order valence-electron chi connectivity index (χ2n) is 11.4. The Morgan fingerprint density at radius 2 is 1.73 bits per heavy atom. The summed E-state index contributed by atoms with van der Waals surface area (Å²) in [5, 5.41) is 8.17. The van der Waals surface area contributed by atoms with Crippen LogP contribution in [0.15, 0.2) is 67.2 Å². The van der Waals surface area contributed by atoms with Crippen molar-refractivity contribution in [2.75, 3.05) is 42.3 Å². The molecule has 4 rings (SSSR count). The Bertz CT molecular complexity index is 1560. The highest BCUT2D eigenvalue weighted by Crippen LogP contribution is 2.36. The van der Waals surface area contributed by atoms with E-state index in [0.29, 0.717) is 25.5 Å². The first-order valence-corrected chi connectivity index (χ1v) is 15.4. The van der Waals surface area contributed by atoms with Gasteiger partial charge < -0.3 is 26.6 Å². The molecule has 2 heterocycles. The molecule has 0 bridgehead atoms. The summed E-state index contributed by atoms with van der Waals surface area (Å²) in [5.41, 5.74) is 24.1. The topological polar surface area (TPSA) is 101 Å². The van der Waals surface area contributed by atoms with Crippen molar-refractivity contribution in [2.45, 2.75) is 52.5 Å². The van der Waals surface area contributed by atoms with E-state index in [4.69, 9.17) is 11.5 Å². The van der Waals surface area contributed by atoms with E-state index in [0.717, 1.165) is 89.6 Å². The second kappa shape index (κ2) is 14.6. The van der Waals surface area contributed by atoms with Crippen LogP contribution in [0.25, 0.3) is 17.5 Å². The van der Waals surface area contributed by atoms with Crippen LogP contribution in [-0.2, 0) is 19.4 Å². The lowest BCUT2D eigenvalue weighted by atomic mass is 9.97. The zero-order valence-corrected chi connectivity index (χ0v) is 26.7. The van der Waals surface area contributed by atoms with E-state index in [1.54, 1.807) is 0 Å². The average Bonchev–Trinajstić information content (AvgIpc) is 3.39. The fourth-order valence-electron chi connectivity index (χ4n) is 5.94. The Morgan fingerprint density at radius 3 is 2.39 bits per heavy atom. The minimum absolute atomic E-state index is 0.532. The molecule has 1 aromatic heterocycles. The van der Waals surface area contributed by atoms with E-state index < -0.39 is 0 Å². The molecule has 0 saturated heterocycles. The van der Waals surface area contributed by atoms with E-state index in [1.165, 1.54) is 11.1 Å². The number of rotatable bonds is 8. The number of nitrogen functional groups attached to an aromatic ring is 1. The molecule has 0 aliphatic carbocycles.